The standard InChI is InChI=1S/C19H15NO3.C4H10.C2H6.H2/c1-3-16(21)14-10-20-7-6-13-12-5-4-11(2)8-18(12)23-19(13)15(20)9-17(14)22;1-4(2)3;1-2;/h3-5,8-10H,1,6-7H2,2H3;4H,1-3H3;1-2H3;1H. The fraction of sp³-hybridized carbons (Fsp3) is 0.360. The molecule has 0 radical (unpaired) electrons. The number of carbonyl (C=O) groups is 1. The Bertz CT molecular complexity index is 1090. The van der Waals surface area contributed by atoms with Gasteiger partial charge in [-0.15, -0.1) is 0 Å². The van der Waals surface area contributed by atoms with Crippen molar-refractivity contribution in [3.8, 4) is 11.5 Å². The summed E-state index contributed by atoms with van der Waals surface area (Å²) in [6, 6.07) is 7.62. The number of carbonyl (C=O) groups excluding carboxylic acids is 1. The van der Waals surface area contributed by atoms with E-state index in [0.717, 1.165) is 45.9 Å². The zero-order valence-electron chi connectivity index (χ0n) is 18.3. The van der Waals surface area contributed by atoms with E-state index in [4.69, 9.17) is 4.42 Å². The average Bonchev–Trinajstić information content (AvgIpc) is 3.06. The van der Waals surface area contributed by atoms with Crippen LogP contribution in [0.25, 0.3) is 22.4 Å². The quantitative estimate of drug-likeness (QED) is 0.371. The number of ketones is 1. The third-order valence-corrected chi connectivity index (χ3v) is 4.36. The van der Waals surface area contributed by atoms with Crippen molar-refractivity contribution < 1.29 is 10.6 Å². The predicted molar refractivity (Wildman–Crippen MR) is 123 cm³/mol. The Morgan fingerprint density at radius 1 is 1.24 bits per heavy atom. The van der Waals surface area contributed by atoms with Crippen LogP contribution in [0.15, 0.2) is 52.3 Å². The first-order valence-corrected chi connectivity index (χ1v) is 10.3. The third kappa shape index (κ3) is 4.76. The molecule has 1 aliphatic heterocycles. The lowest BCUT2D eigenvalue weighted by Gasteiger charge is -2.18. The summed E-state index contributed by atoms with van der Waals surface area (Å²) >= 11 is 0. The highest BCUT2D eigenvalue weighted by atomic mass is 16.3. The summed E-state index contributed by atoms with van der Waals surface area (Å²) in [5.74, 6) is 1.21. The second kappa shape index (κ2) is 9.55. The highest BCUT2D eigenvalue weighted by Gasteiger charge is 2.24. The van der Waals surface area contributed by atoms with E-state index in [1.807, 2.05) is 31.4 Å². The molecule has 1 aliphatic rings. The topological polar surface area (TPSA) is 52.2 Å². The summed E-state index contributed by atoms with van der Waals surface area (Å²) in [5.41, 5.74) is 3.67. The first kappa shape index (κ1) is 22.4. The molecule has 0 fully saturated rings. The van der Waals surface area contributed by atoms with E-state index < -0.39 is 0 Å². The summed E-state index contributed by atoms with van der Waals surface area (Å²) < 4.78 is 7.93. The number of aromatic nitrogens is 1. The summed E-state index contributed by atoms with van der Waals surface area (Å²) in [6.45, 7) is 16.7. The number of fused-ring (bicyclic) bond motifs is 5. The molecule has 0 amide bonds. The number of hydrogen-bond acceptors (Lipinski definition) is 3. The second-order valence-corrected chi connectivity index (χ2v) is 7.59. The maximum absolute atomic E-state index is 12.2. The van der Waals surface area contributed by atoms with Gasteiger partial charge in [0.25, 0.3) is 0 Å². The number of allylic oxidation sites excluding steroid dienone is 1. The van der Waals surface area contributed by atoms with Crippen LogP contribution in [0.2, 0.25) is 0 Å². The van der Waals surface area contributed by atoms with Crippen LogP contribution in [-0.2, 0) is 13.0 Å². The molecule has 0 aliphatic carbocycles. The van der Waals surface area contributed by atoms with Crippen molar-refractivity contribution in [3.05, 3.63) is 70.0 Å². The monoisotopic (exact) mass is 395 g/mol. The highest BCUT2D eigenvalue weighted by molar-refractivity contribution is 6.04. The lowest BCUT2D eigenvalue weighted by atomic mass is 10.0. The lowest BCUT2D eigenvalue weighted by molar-refractivity contribution is 0.104. The van der Waals surface area contributed by atoms with Crippen LogP contribution in [0, 0.1) is 12.8 Å². The van der Waals surface area contributed by atoms with Crippen molar-refractivity contribution in [2.75, 3.05) is 0 Å². The van der Waals surface area contributed by atoms with Crippen LogP contribution in [0.1, 0.15) is 57.5 Å². The first-order chi connectivity index (χ1) is 13.8. The molecule has 3 heterocycles. The maximum Gasteiger partial charge on any atom is 0.193 e. The van der Waals surface area contributed by atoms with Crippen molar-refractivity contribution in [2.45, 2.75) is 54.5 Å². The van der Waals surface area contributed by atoms with Crippen LogP contribution in [-0.4, -0.2) is 10.4 Å². The molecule has 4 rings (SSSR count). The van der Waals surface area contributed by atoms with Crippen molar-refractivity contribution in [1.29, 1.82) is 0 Å². The molecule has 0 bridgehead atoms. The zero-order valence-corrected chi connectivity index (χ0v) is 18.3. The van der Waals surface area contributed by atoms with Crippen LogP contribution < -0.4 is 5.43 Å². The number of nitrogens with zero attached hydrogens (tertiary/aromatic N) is 1. The summed E-state index contributed by atoms with van der Waals surface area (Å²) in [4.78, 5) is 24.0. The van der Waals surface area contributed by atoms with Crippen LogP contribution >= 0.6 is 0 Å². The lowest BCUT2D eigenvalue weighted by Crippen LogP contribution is -2.20. The molecule has 4 heteroatoms. The molecule has 0 atom stereocenters. The normalized spacial score (nSPS) is 11.6. The smallest absolute Gasteiger partial charge is 0.193 e. The van der Waals surface area contributed by atoms with Crippen LogP contribution in [0.4, 0.5) is 0 Å². The van der Waals surface area contributed by atoms with E-state index in [0.29, 0.717) is 6.54 Å². The van der Waals surface area contributed by atoms with E-state index in [-0.39, 0.29) is 18.2 Å². The molecule has 0 N–H and O–H groups in total. The third-order valence-electron chi connectivity index (χ3n) is 4.36. The van der Waals surface area contributed by atoms with Gasteiger partial charge < -0.3 is 8.98 Å². The summed E-state index contributed by atoms with van der Waals surface area (Å²) in [5, 5.41) is 1.09. The Hall–Kier alpha value is -2.88. The van der Waals surface area contributed by atoms with Crippen molar-refractivity contribution in [2.24, 2.45) is 5.92 Å². The fourth-order valence-electron chi connectivity index (χ4n) is 3.19. The molecule has 0 saturated carbocycles. The molecule has 0 spiro atoms. The Balaban J connectivity index is 0.000000580. The van der Waals surface area contributed by atoms with Crippen molar-refractivity contribution in [1.82, 2.24) is 4.57 Å². The fourth-order valence-corrected chi connectivity index (χ4v) is 3.19. The Kier molecular flexibility index (Phi) is 7.38. The number of furan rings is 1. The molecule has 0 saturated heterocycles. The van der Waals surface area contributed by atoms with Gasteiger partial charge in [0.15, 0.2) is 17.0 Å². The van der Waals surface area contributed by atoms with Crippen molar-refractivity contribution in [3.63, 3.8) is 0 Å². The van der Waals surface area contributed by atoms with Crippen LogP contribution in [0.3, 0.4) is 0 Å². The number of pyridine rings is 1. The van der Waals surface area contributed by atoms with E-state index in [2.05, 4.69) is 39.5 Å². The van der Waals surface area contributed by atoms with Gasteiger partial charge in [0, 0.05) is 31.2 Å². The zero-order chi connectivity index (χ0) is 21.7. The average molecular weight is 396 g/mol. The minimum atomic E-state index is -0.351. The number of benzene rings is 1. The second-order valence-electron chi connectivity index (χ2n) is 7.59. The maximum atomic E-state index is 12.2. The molecule has 3 aromatic rings. The van der Waals surface area contributed by atoms with E-state index in [1.165, 1.54) is 12.1 Å². The Morgan fingerprint density at radius 3 is 2.52 bits per heavy atom. The number of hydrogen-bond donors (Lipinski definition) is 0. The summed E-state index contributed by atoms with van der Waals surface area (Å²) in [7, 11) is 0. The van der Waals surface area contributed by atoms with Gasteiger partial charge in [0.1, 0.15) is 5.58 Å². The summed E-state index contributed by atoms with van der Waals surface area (Å²) in [6.07, 6.45) is 3.59. The Labute approximate surface area is 174 Å². The van der Waals surface area contributed by atoms with Gasteiger partial charge in [-0.05, 0) is 37.0 Å². The van der Waals surface area contributed by atoms with Crippen LogP contribution in [0.5, 0.6) is 0 Å². The van der Waals surface area contributed by atoms with E-state index in [1.54, 1.807) is 6.20 Å². The molecule has 156 valence electrons. The molecular formula is C25H33NO3. The Morgan fingerprint density at radius 2 is 1.90 bits per heavy atom. The van der Waals surface area contributed by atoms with Gasteiger partial charge in [-0.1, -0.05) is 53.3 Å². The number of rotatable bonds is 2. The predicted octanol–water partition coefficient (Wildman–Crippen LogP) is 6.43. The van der Waals surface area contributed by atoms with Gasteiger partial charge in [-0.2, -0.15) is 0 Å². The minimum Gasteiger partial charge on any atom is -0.454 e. The molecule has 29 heavy (non-hydrogen) atoms. The molecule has 2 aromatic heterocycles. The minimum absolute atomic E-state index is 0. The van der Waals surface area contributed by atoms with Crippen molar-refractivity contribution >= 4 is 16.8 Å². The number of aryl methyl sites for hydroxylation is 3. The van der Waals surface area contributed by atoms with Gasteiger partial charge >= 0.3 is 0 Å². The molecular weight excluding hydrogens is 362 g/mol. The SMILES string of the molecule is C=CC(=O)c1cn2c(cc1=O)-c1oc3cc(C)ccc3c1CC2.CC.CC(C)C.[HH]. The highest BCUT2D eigenvalue weighted by Crippen LogP contribution is 2.37. The molecule has 4 nitrogen and oxygen atoms in total. The first-order valence-electron chi connectivity index (χ1n) is 10.3. The van der Waals surface area contributed by atoms with Gasteiger partial charge in [-0.3, -0.25) is 9.59 Å². The van der Waals surface area contributed by atoms with E-state index in [9.17, 15) is 9.59 Å². The molecule has 0 unspecified atom stereocenters. The van der Waals surface area contributed by atoms with Gasteiger partial charge in [0.2, 0.25) is 0 Å². The largest absolute Gasteiger partial charge is 0.454 e. The molecule has 1 aromatic carbocycles. The van der Waals surface area contributed by atoms with E-state index >= 15 is 0 Å². The van der Waals surface area contributed by atoms with Gasteiger partial charge in [0.05, 0.1) is 11.3 Å². The van der Waals surface area contributed by atoms with Gasteiger partial charge in [-0.25, -0.2) is 0 Å².